The molecule has 0 aromatic heterocycles. The summed E-state index contributed by atoms with van der Waals surface area (Å²) in [7, 11) is -3.79. The van der Waals surface area contributed by atoms with Crippen LogP contribution in [0.3, 0.4) is 0 Å². The predicted octanol–water partition coefficient (Wildman–Crippen LogP) is 3.79. The van der Waals surface area contributed by atoms with E-state index in [-0.39, 0.29) is 35.1 Å². The first-order valence-corrected chi connectivity index (χ1v) is 12.2. The lowest BCUT2D eigenvalue weighted by atomic mass is 10.1. The molecule has 1 fully saturated rings. The van der Waals surface area contributed by atoms with E-state index in [9.17, 15) is 22.4 Å². The maximum atomic E-state index is 13.2. The Kier molecular flexibility index (Phi) is 6.76. The van der Waals surface area contributed by atoms with Crippen LogP contribution in [0.2, 0.25) is 0 Å². The molecule has 0 atom stereocenters. The van der Waals surface area contributed by atoms with E-state index in [0.29, 0.717) is 24.3 Å². The Bertz CT molecular complexity index is 1300. The van der Waals surface area contributed by atoms with E-state index in [1.54, 1.807) is 42.5 Å². The van der Waals surface area contributed by atoms with Crippen LogP contribution in [0.15, 0.2) is 77.7 Å². The van der Waals surface area contributed by atoms with Gasteiger partial charge in [0.2, 0.25) is 10.0 Å². The molecule has 3 aromatic carbocycles. The molecule has 176 valence electrons. The standard InChI is InChI=1S/C25H24FN3O4S/c1-18(30)19-5-9-22(10-6-19)27-25(31)20-3-2-4-24(17-20)34(32,33)29-15-13-28(14-16-29)23-11-7-21(26)8-12-23/h2-12,17H,13-16H2,1H3,(H,27,31). The van der Waals surface area contributed by atoms with Crippen LogP contribution in [0.1, 0.15) is 27.6 Å². The maximum absolute atomic E-state index is 13.2. The number of amides is 1. The Labute approximate surface area is 197 Å². The maximum Gasteiger partial charge on any atom is 0.255 e. The summed E-state index contributed by atoms with van der Waals surface area (Å²) in [4.78, 5) is 26.1. The lowest BCUT2D eigenvalue weighted by molar-refractivity contribution is 0.101. The summed E-state index contributed by atoms with van der Waals surface area (Å²) in [6, 6.07) is 18.5. The van der Waals surface area contributed by atoms with Crippen LogP contribution in [-0.4, -0.2) is 50.6 Å². The third-order valence-corrected chi connectivity index (χ3v) is 7.61. The molecule has 0 bridgehead atoms. The Balaban J connectivity index is 1.44. The molecule has 1 heterocycles. The quantitative estimate of drug-likeness (QED) is 0.542. The zero-order valence-electron chi connectivity index (χ0n) is 18.6. The van der Waals surface area contributed by atoms with Crippen molar-refractivity contribution in [3.8, 4) is 0 Å². The van der Waals surface area contributed by atoms with Crippen molar-refractivity contribution in [1.29, 1.82) is 0 Å². The number of hydrogen-bond donors (Lipinski definition) is 1. The summed E-state index contributed by atoms with van der Waals surface area (Å²) in [6.45, 7) is 2.96. The number of ketones is 1. The van der Waals surface area contributed by atoms with Crippen molar-refractivity contribution in [2.45, 2.75) is 11.8 Å². The van der Waals surface area contributed by atoms with E-state index in [1.807, 2.05) is 4.90 Å². The second-order valence-electron chi connectivity index (χ2n) is 7.98. The summed E-state index contributed by atoms with van der Waals surface area (Å²) in [5.74, 6) is -0.843. The van der Waals surface area contributed by atoms with Crippen molar-refractivity contribution in [1.82, 2.24) is 4.31 Å². The van der Waals surface area contributed by atoms with Crippen LogP contribution in [0.5, 0.6) is 0 Å². The van der Waals surface area contributed by atoms with E-state index in [1.165, 1.54) is 41.6 Å². The Morgan fingerprint density at radius 3 is 2.12 bits per heavy atom. The molecule has 0 unspecified atom stereocenters. The zero-order chi connectivity index (χ0) is 24.3. The first-order valence-electron chi connectivity index (χ1n) is 10.8. The number of carbonyl (C=O) groups excluding carboxylic acids is 2. The summed E-state index contributed by atoms with van der Waals surface area (Å²) >= 11 is 0. The number of sulfonamides is 1. The highest BCUT2D eigenvalue weighted by molar-refractivity contribution is 7.89. The van der Waals surface area contributed by atoms with Crippen molar-refractivity contribution in [3.05, 3.63) is 89.7 Å². The Hall–Kier alpha value is -3.56. The van der Waals surface area contributed by atoms with Gasteiger partial charge in [-0.25, -0.2) is 12.8 Å². The van der Waals surface area contributed by atoms with E-state index < -0.39 is 15.9 Å². The van der Waals surface area contributed by atoms with Gasteiger partial charge in [-0.1, -0.05) is 6.07 Å². The van der Waals surface area contributed by atoms with Gasteiger partial charge >= 0.3 is 0 Å². The SMILES string of the molecule is CC(=O)c1ccc(NC(=O)c2cccc(S(=O)(=O)N3CCN(c4ccc(F)cc4)CC3)c2)cc1. The molecule has 0 saturated carbocycles. The van der Waals surface area contributed by atoms with Gasteiger partial charge in [0.1, 0.15) is 5.82 Å². The summed E-state index contributed by atoms with van der Waals surface area (Å²) in [5, 5.41) is 2.72. The third kappa shape index (κ3) is 5.16. The van der Waals surface area contributed by atoms with Crippen LogP contribution in [-0.2, 0) is 10.0 Å². The molecule has 4 rings (SSSR count). The molecule has 0 aliphatic carbocycles. The lowest BCUT2D eigenvalue weighted by Gasteiger charge is -2.35. The minimum Gasteiger partial charge on any atom is -0.369 e. The molecular weight excluding hydrogens is 457 g/mol. The van der Waals surface area contributed by atoms with Gasteiger partial charge in [-0.3, -0.25) is 9.59 Å². The largest absolute Gasteiger partial charge is 0.369 e. The Morgan fingerprint density at radius 2 is 1.50 bits per heavy atom. The van der Waals surface area contributed by atoms with Gasteiger partial charge in [-0.15, -0.1) is 0 Å². The second-order valence-corrected chi connectivity index (χ2v) is 9.92. The number of anilines is 2. The van der Waals surface area contributed by atoms with Crippen LogP contribution >= 0.6 is 0 Å². The van der Waals surface area contributed by atoms with E-state index in [4.69, 9.17) is 0 Å². The third-order valence-electron chi connectivity index (χ3n) is 5.71. The van der Waals surface area contributed by atoms with E-state index in [0.717, 1.165) is 5.69 Å². The van der Waals surface area contributed by atoms with Crippen molar-refractivity contribution < 1.29 is 22.4 Å². The molecule has 1 N–H and O–H groups in total. The highest BCUT2D eigenvalue weighted by atomic mass is 32.2. The first kappa shape index (κ1) is 23.6. The van der Waals surface area contributed by atoms with Crippen LogP contribution < -0.4 is 10.2 Å². The number of nitrogens with one attached hydrogen (secondary N) is 1. The number of halogens is 1. The molecule has 1 amide bonds. The molecule has 9 heteroatoms. The van der Waals surface area contributed by atoms with Crippen molar-refractivity contribution in [3.63, 3.8) is 0 Å². The number of rotatable bonds is 6. The average Bonchev–Trinajstić information content (AvgIpc) is 2.85. The summed E-state index contributed by atoms with van der Waals surface area (Å²) < 4.78 is 41.0. The monoisotopic (exact) mass is 481 g/mol. The number of carbonyl (C=O) groups is 2. The molecule has 0 radical (unpaired) electrons. The van der Waals surface area contributed by atoms with Crippen molar-refractivity contribution in [2.24, 2.45) is 0 Å². The highest BCUT2D eigenvalue weighted by Gasteiger charge is 2.29. The minimum absolute atomic E-state index is 0.0438. The molecule has 7 nitrogen and oxygen atoms in total. The minimum atomic E-state index is -3.79. The molecule has 34 heavy (non-hydrogen) atoms. The van der Waals surface area contributed by atoms with Crippen LogP contribution in [0.4, 0.5) is 15.8 Å². The van der Waals surface area contributed by atoms with E-state index in [2.05, 4.69) is 5.32 Å². The zero-order valence-corrected chi connectivity index (χ0v) is 19.4. The number of benzene rings is 3. The van der Waals surface area contributed by atoms with Crippen LogP contribution in [0.25, 0.3) is 0 Å². The van der Waals surface area contributed by atoms with Gasteiger partial charge in [-0.05, 0) is 73.7 Å². The number of hydrogen-bond acceptors (Lipinski definition) is 5. The van der Waals surface area contributed by atoms with Gasteiger partial charge in [0, 0.05) is 48.7 Å². The van der Waals surface area contributed by atoms with Gasteiger partial charge in [0.15, 0.2) is 5.78 Å². The number of piperazine rings is 1. The molecule has 1 saturated heterocycles. The molecule has 3 aromatic rings. The lowest BCUT2D eigenvalue weighted by Crippen LogP contribution is -2.48. The molecule has 0 spiro atoms. The summed E-state index contributed by atoms with van der Waals surface area (Å²) in [6.07, 6.45) is 0. The normalized spacial score (nSPS) is 14.6. The number of Topliss-reactive ketones (excluding diaryl/α,β-unsaturated/α-hetero) is 1. The number of nitrogens with zero attached hydrogens (tertiary/aromatic N) is 2. The second kappa shape index (κ2) is 9.74. The summed E-state index contributed by atoms with van der Waals surface area (Å²) in [5.41, 5.74) is 2.08. The van der Waals surface area contributed by atoms with Gasteiger partial charge in [0.05, 0.1) is 4.90 Å². The smallest absolute Gasteiger partial charge is 0.255 e. The highest BCUT2D eigenvalue weighted by Crippen LogP contribution is 2.22. The fraction of sp³-hybridized carbons (Fsp3) is 0.200. The van der Waals surface area contributed by atoms with Crippen LogP contribution in [0, 0.1) is 5.82 Å². The van der Waals surface area contributed by atoms with Gasteiger partial charge in [0.25, 0.3) is 5.91 Å². The van der Waals surface area contributed by atoms with Gasteiger partial charge < -0.3 is 10.2 Å². The molecular formula is C25H24FN3O4S. The van der Waals surface area contributed by atoms with Crippen molar-refractivity contribution >= 4 is 33.1 Å². The predicted molar refractivity (Wildman–Crippen MR) is 128 cm³/mol. The Morgan fingerprint density at radius 1 is 0.853 bits per heavy atom. The van der Waals surface area contributed by atoms with Crippen molar-refractivity contribution in [2.75, 3.05) is 36.4 Å². The first-order chi connectivity index (χ1) is 16.2. The molecule has 1 aliphatic heterocycles. The van der Waals surface area contributed by atoms with E-state index >= 15 is 0 Å². The average molecular weight is 482 g/mol. The molecule has 1 aliphatic rings. The van der Waals surface area contributed by atoms with Gasteiger partial charge in [-0.2, -0.15) is 4.31 Å². The topological polar surface area (TPSA) is 86.8 Å². The fourth-order valence-electron chi connectivity index (χ4n) is 3.78. The fourth-order valence-corrected chi connectivity index (χ4v) is 5.25.